The van der Waals surface area contributed by atoms with Gasteiger partial charge in [-0.1, -0.05) is 24.3 Å². The third-order valence-electron chi connectivity index (χ3n) is 4.68. The zero-order chi connectivity index (χ0) is 24.5. The van der Waals surface area contributed by atoms with Gasteiger partial charge in [-0.15, -0.1) is 0 Å². The van der Waals surface area contributed by atoms with E-state index in [0.717, 1.165) is 12.1 Å². The molecule has 1 heterocycles. The van der Waals surface area contributed by atoms with Crippen molar-refractivity contribution in [1.82, 2.24) is 5.32 Å². The molecule has 8 nitrogen and oxygen atoms in total. The van der Waals surface area contributed by atoms with Gasteiger partial charge in [0.15, 0.2) is 5.75 Å². The smallest absolute Gasteiger partial charge is 0.339 e. The third-order valence-corrected chi connectivity index (χ3v) is 6.55. The number of rotatable bonds is 5. The van der Waals surface area contributed by atoms with E-state index >= 15 is 0 Å². The summed E-state index contributed by atoms with van der Waals surface area (Å²) in [7, 11) is -4.08. The Hall–Kier alpha value is -3.83. The number of imide groups is 2. The molecule has 1 aliphatic rings. The molecule has 0 unspecified atom stereocenters. The Morgan fingerprint density at radius 1 is 0.941 bits per heavy atom. The number of hydrogen-bond acceptors (Lipinski definition) is 6. The maximum Gasteiger partial charge on any atom is 0.339 e. The molecule has 0 saturated carbocycles. The van der Waals surface area contributed by atoms with E-state index in [1.54, 1.807) is 18.2 Å². The summed E-state index contributed by atoms with van der Waals surface area (Å²) >= 11 is 3.23. The summed E-state index contributed by atoms with van der Waals surface area (Å²) in [6.45, 7) is 0. The molecule has 4 rings (SSSR count). The van der Waals surface area contributed by atoms with Gasteiger partial charge in [0, 0.05) is 0 Å². The van der Waals surface area contributed by atoms with E-state index in [0.29, 0.717) is 10.5 Å². The van der Waals surface area contributed by atoms with Gasteiger partial charge in [-0.2, -0.15) is 8.42 Å². The van der Waals surface area contributed by atoms with Gasteiger partial charge >= 0.3 is 16.1 Å². The molecule has 0 atom stereocenters. The van der Waals surface area contributed by atoms with Crippen molar-refractivity contribution in [2.45, 2.75) is 4.90 Å². The minimum absolute atomic E-state index is 0.00598. The number of carbonyl (C=O) groups excluding carboxylic acids is 3. The van der Waals surface area contributed by atoms with Crippen LogP contribution >= 0.6 is 15.9 Å². The highest BCUT2D eigenvalue weighted by molar-refractivity contribution is 9.10. The number of nitrogens with one attached hydrogen (secondary N) is 1. The van der Waals surface area contributed by atoms with Crippen LogP contribution in [0, 0.1) is 5.82 Å². The maximum absolute atomic E-state index is 13.2. The third kappa shape index (κ3) is 4.75. The molecule has 1 saturated heterocycles. The van der Waals surface area contributed by atoms with Crippen molar-refractivity contribution in [3.05, 3.63) is 94.2 Å². The largest absolute Gasteiger partial charge is 0.378 e. The number of hydrogen-bond donors (Lipinski definition) is 1. The number of anilines is 1. The van der Waals surface area contributed by atoms with Crippen LogP contribution < -0.4 is 14.4 Å². The molecule has 3 aromatic rings. The highest BCUT2D eigenvalue weighted by Gasteiger charge is 2.36. The Kier molecular flexibility index (Phi) is 6.31. The van der Waals surface area contributed by atoms with Gasteiger partial charge in [-0.05, 0) is 76.1 Å². The normalized spacial score (nSPS) is 15.4. The number of nitrogens with zero attached hydrogens (tertiary/aromatic N) is 1. The first-order valence-electron chi connectivity index (χ1n) is 9.62. The molecule has 1 N–H and O–H groups in total. The highest BCUT2D eigenvalue weighted by atomic mass is 79.9. The van der Waals surface area contributed by atoms with Gasteiger partial charge in [-0.25, -0.2) is 14.1 Å². The van der Waals surface area contributed by atoms with Gasteiger partial charge in [0.25, 0.3) is 11.8 Å². The van der Waals surface area contributed by atoms with Crippen molar-refractivity contribution in [3.63, 3.8) is 0 Å². The minimum atomic E-state index is -4.08. The molecular formula is C23H14BrFN2O6S. The second kappa shape index (κ2) is 9.20. The molecule has 0 aliphatic carbocycles. The van der Waals surface area contributed by atoms with Crippen molar-refractivity contribution < 1.29 is 31.4 Å². The Morgan fingerprint density at radius 3 is 2.26 bits per heavy atom. The van der Waals surface area contributed by atoms with Gasteiger partial charge < -0.3 is 4.18 Å². The summed E-state index contributed by atoms with van der Waals surface area (Å²) in [5, 5.41) is 2.07. The second-order valence-electron chi connectivity index (χ2n) is 6.97. The van der Waals surface area contributed by atoms with Crippen LogP contribution in [0.2, 0.25) is 0 Å². The first kappa shape index (κ1) is 23.3. The minimum Gasteiger partial charge on any atom is -0.378 e. The second-order valence-corrected chi connectivity index (χ2v) is 9.38. The lowest BCUT2D eigenvalue weighted by Gasteiger charge is -2.26. The first-order chi connectivity index (χ1) is 16.2. The first-order valence-corrected chi connectivity index (χ1v) is 11.8. The van der Waals surface area contributed by atoms with E-state index in [1.165, 1.54) is 48.5 Å². The van der Waals surface area contributed by atoms with E-state index < -0.39 is 33.8 Å². The quantitative estimate of drug-likeness (QED) is 0.295. The van der Waals surface area contributed by atoms with Crippen LogP contribution in [0.25, 0.3) is 6.08 Å². The van der Waals surface area contributed by atoms with Gasteiger partial charge in [0.05, 0.1) is 10.2 Å². The average Bonchev–Trinajstić information content (AvgIpc) is 2.80. The van der Waals surface area contributed by atoms with Crippen molar-refractivity contribution in [3.8, 4) is 5.75 Å². The summed E-state index contributed by atoms with van der Waals surface area (Å²) < 4.78 is 43.6. The van der Waals surface area contributed by atoms with Crippen LogP contribution in [-0.4, -0.2) is 26.3 Å². The Morgan fingerprint density at radius 2 is 1.62 bits per heavy atom. The fraction of sp³-hybridized carbons (Fsp3) is 0. The molecule has 11 heteroatoms. The van der Waals surface area contributed by atoms with Crippen molar-refractivity contribution in [1.29, 1.82) is 0 Å². The molecule has 3 aromatic carbocycles. The van der Waals surface area contributed by atoms with E-state index in [2.05, 4.69) is 21.2 Å². The Balaban J connectivity index is 1.62. The molecule has 0 radical (unpaired) electrons. The highest BCUT2D eigenvalue weighted by Crippen LogP contribution is 2.30. The van der Waals surface area contributed by atoms with Crippen LogP contribution in [0.1, 0.15) is 5.56 Å². The predicted octanol–water partition coefficient (Wildman–Crippen LogP) is 4.02. The summed E-state index contributed by atoms with van der Waals surface area (Å²) in [6, 6.07) is 15.5. The lowest BCUT2D eigenvalue weighted by atomic mass is 10.1. The summed E-state index contributed by atoms with van der Waals surface area (Å²) in [6.07, 6.45) is 1.24. The Labute approximate surface area is 201 Å². The number of carbonyl (C=O) groups is 3. The van der Waals surface area contributed by atoms with Gasteiger partial charge in [-0.3, -0.25) is 14.9 Å². The zero-order valence-electron chi connectivity index (χ0n) is 17.1. The van der Waals surface area contributed by atoms with Crippen LogP contribution in [0.4, 0.5) is 14.9 Å². The SMILES string of the molecule is O=C1NC(=O)N(c2ccc(F)cc2)C(=O)/C1=C/c1ccc(OS(=O)(=O)c2ccccc2)c(Br)c1. The number of benzene rings is 3. The zero-order valence-corrected chi connectivity index (χ0v) is 19.5. The standard InChI is InChI=1S/C23H14BrFN2O6S/c24-19-13-14(6-11-20(19)33-34(31,32)17-4-2-1-3-5-17)12-18-21(28)26-23(30)27(22(18)29)16-9-7-15(25)8-10-16/h1-13H,(H,26,28,30)/b18-12+. The average molecular weight is 545 g/mol. The lowest BCUT2D eigenvalue weighted by Crippen LogP contribution is -2.54. The van der Waals surface area contributed by atoms with E-state index in [1.807, 2.05) is 0 Å². The van der Waals surface area contributed by atoms with Crippen LogP contribution in [0.3, 0.4) is 0 Å². The number of urea groups is 1. The monoisotopic (exact) mass is 544 g/mol. The number of halogens is 2. The summed E-state index contributed by atoms with van der Waals surface area (Å²) in [5.41, 5.74) is 0.0861. The summed E-state index contributed by atoms with van der Waals surface area (Å²) in [5.74, 6) is -2.37. The van der Waals surface area contributed by atoms with Crippen molar-refractivity contribution in [2.75, 3.05) is 4.90 Å². The molecule has 0 spiro atoms. The van der Waals surface area contributed by atoms with Crippen LogP contribution in [0.15, 0.2) is 87.7 Å². The lowest BCUT2D eigenvalue weighted by molar-refractivity contribution is -0.122. The van der Waals surface area contributed by atoms with Crippen LogP contribution in [0.5, 0.6) is 5.75 Å². The van der Waals surface area contributed by atoms with E-state index in [9.17, 15) is 27.2 Å². The molecule has 1 aliphatic heterocycles. The van der Waals surface area contributed by atoms with E-state index in [4.69, 9.17) is 4.18 Å². The topological polar surface area (TPSA) is 110 Å². The molecule has 172 valence electrons. The molecule has 0 aromatic heterocycles. The molecule has 34 heavy (non-hydrogen) atoms. The Bertz CT molecular complexity index is 1440. The molecule has 0 bridgehead atoms. The number of barbiturate groups is 1. The fourth-order valence-electron chi connectivity index (χ4n) is 3.08. The molecule has 4 amide bonds. The molecular weight excluding hydrogens is 531 g/mol. The predicted molar refractivity (Wildman–Crippen MR) is 124 cm³/mol. The fourth-order valence-corrected chi connectivity index (χ4v) is 4.63. The van der Waals surface area contributed by atoms with Gasteiger partial charge in [0.1, 0.15) is 16.3 Å². The summed E-state index contributed by atoms with van der Waals surface area (Å²) in [4.78, 5) is 38.1. The van der Waals surface area contributed by atoms with E-state index in [-0.39, 0.29) is 26.4 Å². The maximum atomic E-state index is 13.2. The van der Waals surface area contributed by atoms with Crippen LogP contribution in [-0.2, 0) is 19.7 Å². The van der Waals surface area contributed by atoms with Crippen molar-refractivity contribution >= 4 is 55.7 Å². The number of amides is 4. The molecule has 1 fully saturated rings. The van der Waals surface area contributed by atoms with Crippen molar-refractivity contribution in [2.24, 2.45) is 0 Å². The van der Waals surface area contributed by atoms with Gasteiger partial charge in [0.2, 0.25) is 0 Å².